The maximum Gasteiger partial charge on any atom is 0.306 e. The van der Waals surface area contributed by atoms with Crippen LogP contribution in [0.3, 0.4) is 0 Å². The van der Waals surface area contributed by atoms with E-state index in [1.807, 2.05) is 12.1 Å². The lowest BCUT2D eigenvalue weighted by Crippen LogP contribution is -2.05. The molecule has 1 aromatic carbocycles. The largest absolute Gasteiger partial charge is 0.461 e. The number of anilines is 1. The van der Waals surface area contributed by atoms with Crippen LogP contribution in [0.4, 0.5) is 5.69 Å². The molecule has 0 atom stereocenters. The van der Waals surface area contributed by atoms with Gasteiger partial charge in [0.1, 0.15) is 6.61 Å². The summed E-state index contributed by atoms with van der Waals surface area (Å²) in [6.07, 6.45) is 3.26. The zero-order chi connectivity index (χ0) is 12.5. The van der Waals surface area contributed by atoms with Crippen molar-refractivity contribution in [3.8, 4) is 0 Å². The highest BCUT2D eigenvalue weighted by atomic mass is 16.5. The fraction of sp³-hybridized carbons (Fsp3) is 0.462. The Kier molecular flexibility index (Phi) is 6.10. The number of rotatable bonds is 7. The standard InChI is InChI=1S/C13H20N2O2/c14-9-3-1-2-4-13(16)17-10-11-5-7-12(15)8-6-11/h5-8H,1-4,9-10,14-15H2. The zero-order valence-corrected chi connectivity index (χ0v) is 10.0. The molecule has 4 N–H and O–H groups in total. The van der Waals surface area contributed by atoms with E-state index in [0.29, 0.717) is 25.3 Å². The summed E-state index contributed by atoms with van der Waals surface area (Å²) < 4.78 is 5.14. The molecule has 0 unspecified atom stereocenters. The number of nitrogens with two attached hydrogens (primary N) is 2. The van der Waals surface area contributed by atoms with Crippen LogP contribution in [-0.2, 0) is 16.1 Å². The number of carbonyl (C=O) groups excluding carboxylic acids is 1. The van der Waals surface area contributed by atoms with Crippen LogP contribution in [0.5, 0.6) is 0 Å². The van der Waals surface area contributed by atoms with E-state index in [1.165, 1.54) is 0 Å². The highest BCUT2D eigenvalue weighted by Crippen LogP contribution is 2.08. The van der Waals surface area contributed by atoms with E-state index < -0.39 is 0 Å². The highest BCUT2D eigenvalue weighted by molar-refractivity contribution is 5.69. The van der Waals surface area contributed by atoms with Crippen LogP contribution in [0, 0.1) is 0 Å². The number of esters is 1. The Hall–Kier alpha value is -1.55. The second-order valence-electron chi connectivity index (χ2n) is 4.00. The van der Waals surface area contributed by atoms with Gasteiger partial charge in [-0.05, 0) is 37.1 Å². The maximum atomic E-state index is 11.4. The van der Waals surface area contributed by atoms with Gasteiger partial charge in [-0.15, -0.1) is 0 Å². The van der Waals surface area contributed by atoms with E-state index in [2.05, 4.69) is 0 Å². The van der Waals surface area contributed by atoms with E-state index in [1.54, 1.807) is 12.1 Å². The second-order valence-corrected chi connectivity index (χ2v) is 4.00. The molecule has 0 amide bonds. The molecular formula is C13H20N2O2. The predicted molar refractivity (Wildman–Crippen MR) is 68.2 cm³/mol. The molecule has 0 aromatic heterocycles. The molecule has 0 radical (unpaired) electrons. The van der Waals surface area contributed by atoms with E-state index in [-0.39, 0.29) is 5.97 Å². The third kappa shape index (κ3) is 5.92. The number of nitrogen functional groups attached to an aromatic ring is 1. The van der Waals surface area contributed by atoms with Gasteiger partial charge in [0.05, 0.1) is 0 Å². The van der Waals surface area contributed by atoms with Gasteiger partial charge in [-0.2, -0.15) is 0 Å². The molecule has 0 heterocycles. The number of unbranched alkanes of at least 4 members (excludes halogenated alkanes) is 2. The molecule has 0 bridgehead atoms. The van der Waals surface area contributed by atoms with Gasteiger partial charge in [0.15, 0.2) is 0 Å². The first kappa shape index (κ1) is 13.5. The predicted octanol–water partition coefficient (Wildman–Crippen LogP) is 1.83. The number of carbonyl (C=O) groups is 1. The highest BCUT2D eigenvalue weighted by Gasteiger charge is 2.02. The van der Waals surface area contributed by atoms with Gasteiger partial charge in [-0.1, -0.05) is 18.6 Å². The summed E-state index contributed by atoms with van der Waals surface area (Å²) in [5.41, 5.74) is 12.6. The van der Waals surface area contributed by atoms with Crippen molar-refractivity contribution < 1.29 is 9.53 Å². The number of benzene rings is 1. The monoisotopic (exact) mass is 236 g/mol. The van der Waals surface area contributed by atoms with Gasteiger partial charge >= 0.3 is 5.97 Å². The van der Waals surface area contributed by atoms with Gasteiger partial charge in [0.2, 0.25) is 0 Å². The van der Waals surface area contributed by atoms with E-state index in [0.717, 1.165) is 24.8 Å². The van der Waals surface area contributed by atoms with Crippen molar-refractivity contribution in [1.29, 1.82) is 0 Å². The minimum atomic E-state index is -0.154. The van der Waals surface area contributed by atoms with Crippen LogP contribution in [0.1, 0.15) is 31.2 Å². The Balaban J connectivity index is 2.17. The first-order valence-corrected chi connectivity index (χ1v) is 5.92. The molecule has 4 heteroatoms. The molecule has 0 aliphatic heterocycles. The molecule has 94 valence electrons. The van der Waals surface area contributed by atoms with Crippen molar-refractivity contribution >= 4 is 11.7 Å². The fourth-order valence-electron chi connectivity index (χ4n) is 1.44. The molecule has 4 nitrogen and oxygen atoms in total. The Morgan fingerprint density at radius 1 is 1.12 bits per heavy atom. The lowest BCUT2D eigenvalue weighted by atomic mass is 10.2. The van der Waals surface area contributed by atoms with Crippen molar-refractivity contribution in [3.63, 3.8) is 0 Å². The first-order valence-electron chi connectivity index (χ1n) is 5.92. The van der Waals surface area contributed by atoms with Crippen LogP contribution >= 0.6 is 0 Å². The van der Waals surface area contributed by atoms with Crippen molar-refractivity contribution in [1.82, 2.24) is 0 Å². The molecule has 0 aliphatic rings. The normalized spacial score (nSPS) is 10.2. The van der Waals surface area contributed by atoms with Gasteiger partial charge in [0, 0.05) is 12.1 Å². The molecule has 17 heavy (non-hydrogen) atoms. The number of ether oxygens (including phenoxy) is 1. The molecule has 0 saturated heterocycles. The number of hydrogen-bond donors (Lipinski definition) is 2. The molecule has 0 spiro atoms. The number of hydrogen-bond acceptors (Lipinski definition) is 4. The van der Waals surface area contributed by atoms with Crippen molar-refractivity contribution in [3.05, 3.63) is 29.8 Å². The fourth-order valence-corrected chi connectivity index (χ4v) is 1.44. The quantitative estimate of drug-likeness (QED) is 0.430. The van der Waals surface area contributed by atoms with Gasteiger partial charge < -0.3 is 16.2 Å². The summed E-state index contributed by atoms with van der Waals surface area (Å²) in [7, 11) is 0. The summed E-state index contributed by atoms with van der Waals surface area (Å²) in [4.78, 5) is 11.4. The van der Waals surface area contributed by atoms with Crippen LogP contribution in [0.2, 0.25) is 0 Å². The third-order valence-electron chi connectivity index (χ3n) is 2.46. The van der Waals surface area contributed by atoms with Crippen molar-refractivity contribution in [2.24, 2.45) is 5.73 Å². The summed E-state index contributed by atoms with van der Waals surface area (Å²) >= 11 is 0. The summed E-state index contributed by atoms with van der Waals surface area (Å²) in [5.74, 6) is -0.154. The summed E-state index contributed by atoms with van der Waals surface area (Å²) in [5, 5.41) is 0. The third-order valence-corrected chi connectivity index (χ3v) is 2.46. The SMILES string of the molecule is NCCCCCC(=O)OCc1ccc(N)cc1. The summed E-state index contributed by atoms with van der Waals surface area (Å²) in [6, 6.07) is 7.31. The minimum Gasteiger partial charge on any atom is -0.461 e. The van der Waals surface area contributed by atoms with Gasteiger partial charge in [-0.3, -0.25) is 4.79 Å². The first-order chi connectivity index (χ1) is 8.22. The lowest BCUT2D eigenvalue weighted by Gasteiger charge is -2.05. The summed E-state index contributed by atoms with van der Waals surface area (Å²) in [6.45, 7) is 0.997. The average Bonchev–Trinajstić information content (AvgIpc) is 2.34. The van der Waals surface area contributed by atoms with Gasteiger partial charge in [0.25, 0.3) is 0 Å². The topological polar surface area (TPSA) is 78.3 Å². The van der Waals surface area contributed by atoms with E-state index in [4.69, 9.17) is 16.2 Å². The molecular weight excluding hydrogens is 216 g/mol. The van der Waals surface area contributed by atoms with Crippen molar-refractivity contribution in [2.75, 3.05) is 12.3 Å². The van der Waals surface area contributed by atoms with Crippen LogP contribution in [-0.4, -0.2) is 12.5 Å². The maximum absolute atomic E-state index is 11.4. The Morgan fingerprint density at radius 2 is 1.82 bits per heavy atom. The molecule has 1 aromatic rings. The van der Waals surface area contributed by atoms with E-state index in [9.17, 15) is 4.79 Å². The Bertz CT molecular complexity index is 336. The molecule has 0 aliphatic carbocycles. The smallest absolute Gasteiger partial charge is 0.306 e. The van der Waals surface area contributed by atoms with E-state index >= 15 is 0 Å². The molecule has 1 rings (SSSR count). The van der Waals surface area contributed by atoms with Crippen LogP contribution in [0.15, 0.2) is 24.3 Å². The molecule has 0 saturated carbocycles. The van der Waals surface area contributed by atoms with Gasteiger partial charge in [-0.25, -0.2) is 0 Å². The second kappa shape index (κ2) is 7.68. The average molecular weight is 236 g/mol. The zero-order valence-electron chi connectivity index (χ0n) is 10.0. The lowest BCUT2D eigenvalue weighted by molar-refractivity contribution is -0.145. The minimum absolute atomic E-state index is 0.154. The van der Waals surface area contributed by atoms with Crippen LogP contribution in [0.25, 0.3) is 0 Å². The molecule has 0 fully saturated rings. The Morgan fingerprint density at radius 3 is 2.47 bits per heavy atom. The van der Waals surface area contributed by atoms with Crippen molar-refractivity contribution in [2.45, 2.75) is 32.3 Å². The Labute approximate surface area is 102 Å². The van der Waals surface area contributed by atoms with Crippen LogP contribution < -0.4 is 11.5 Å².